The van der Waals surface area contributed by atoms with Crippen LogP contribution in [0.2, 0.25) is 0 Å². The molecule has 0 saturated carbocycles. The highest BCUT2D eigenvalue weighted by atomic mass is 32.1. The quantitative estimate of drug-likeness (QED) is 0.745. The van der Waals surface area contributed by atoms with E-state index in [9.17, 15) is 4.79 Å². The van der Waals surface area contributed by atoms with Gasteiger partial charge in [0.05, 0.1) is 11.9 Å². The lowest BCUT2D eigenvalue weighted by atomic mass is 10.3. The van der Waals surface area contributed by atoms with Crippen LogP contribution in [0.1, 0.15) is 10.7 Å². The Morgan fingerprint density at radius 1 is 1.27 bits per heavy atom. The van der Waals surface area contributed by atoms with Gasteiger partial charge in [-0.25, -0.2) is 0 Å². The average Bonchev–Trinajstić information content (AvgIpc) is 3.15. The van der Waals surface area contributed by atoms with Crippen molar-refractivity contribution in [3.8, 4) is 5.69 Å². The van der Waals surface area contributed by atoms with E-state index in [0.29, 0.717) is 10.8 Å². The third kappa shape index (κ3) is 3.41. The maximum atomic E-state index is 11.8. The topological polar surface area (TPSA) is 85.6 Å². The van der Waals surface area contributed by atoms with E-state index >= 15 is 0 Å². The van der Waals surface area contributed by atoms with E-state index < -0.39 is 0 Å². The number of anilines is 1. The number of benzene rings is 1. The van der Waals surface area contributed by atoms with Gasteiger partial charge in [-0.15, -0.1) is 15.3 Å². The molecule has 0 unspecified atom stereocenters. The van der Waals surface area contributed by atoms with Gasteiger partial charge in [-0.3, -0.25) is 10.1 Å². The molecule has 2 aromatic heterocycles. The molecule has 0 saturated heterocycles. The van der Waals surface area contributed by atoms with Crippen molar-refractivity contribution in [1.29, 1.82) is 0 Å². The molecule has 1 N–H and O–H groups in total. The monoisotopic (exact) mass is 312 g/mol. The molecule has 0 fully saturated rings. The fourth-order valence-corrected chi connectivity index (χ4v) is 2.29. The largest absolute Gasteiger partial charge is 0.297 e. The summed E-state index contributed by atoms with van der Waals surface area (Å²) in [5.74, 6) is -0.287. The van der Waals surface area contributed by atoms with Gasteiger partial charge < -0.3 is 0 Å². The highest BCUT2D eigenvalue weighted by Gasteiger charge is 2.04. The van der Waals surface area contributed by atoms with Crippen LogP contribution in [0, 0.1) is 6.92 Å². The Hall–Kier alpha value is -2.87. The number of rotatable bonds is 4. The van der Waals surface area contributed by atoms with Crippen molar-refractivity contribution in [2.24, 2.45) is 0 Å². The Bertz CT molecular complexity index is 808. The summed E-state index contributed by atoms with van der Waals surface area (Å²) in [7, 11) is 0. The second-order valence-electron chi connectivity index (χ2n) is 4.34. The van der Waals surface area contributed by atoms with Crippen LogP contribution in [0.25, 0.3) is 11.8 Å². The van der Waals surface area contributed by atoms with Crippen LogP contribution in [0.5, 0.6) is 0 Å². The number of amides is 1. The fourth-order valence-electron chi connectivity index (χ4n) is 1.69. The second-order valence-corrected chi connectivity index (χ2v) is 5.52. The summed E-state index contributed by atoms with van der Waals surface area (Å²) in [6.45, 7) is 1.82. The van der Waals surface area contributed by atoms with Gasteiger partial charge in [-0.1, -0.05) is 29.5 Å². The van der Waals surface area contributed by atoms with Gasteiger partial charge in [0.1, 0.15) is 10.7 Å². The summed E-state index contributed by atoms with van der Waals surface area (Å²) in [6, 6.07) is 9.54. The number of aryl methyl sites for hydroxylation is 1. The minimum atomic E-state index is -0.287. The van der Waals surface area contributed by atoms with Crippen molar-refractivity contribution >= 4 is 28.5 Å². The van der Waals surface area contributed by atoms with E-state index in [-0.39, 0.29) is 5.91 Å². The molecule has 2 heterocycles. The molecule has 1 aromatic carbocycles. The SMILES string of the molecule is Cc1nnc(NC(=O)/C=C/c2cnn(-c3ccccc3)n2)s1. The molecule has 3 rings (SSSR count). The summed E-state index contributed by atoms with van der Waals surface area (Å²) in [5.41, 5.74) is 1.45. The Balaban J connectivity index is 1.66. The smallest absolute Gasteiger partial charge is 0.250 e. The summed E-state index contributed by atoms with van der Waals surface area (Å²) in [6.07, 6.45) is 4.57. The molecule has 1 amide bonds. The summed E-state index contributed by atoms with van der Waals surface area (Å²) in [4.78, 5) is 13.3. The number of para-hydroxylation sites is 1. The van der Waals surface area contributed by atoms with Crippen LogP contribution in [-0.4, -0.2) is 31.1 Å². The van der Waals surface area contributed by atoms with Crippen molar-refractivity contribution in [2.45, 2.75) is 6.92 Å². The van der Waals surface area contributed by atoms with Crippen molar-refractivity contribution in [3.05, 3.63) is 53.3 Å². The number of carbonyl (C=O) groups excluding carboxylic acids is 1. The summed E-state index contributed by atoms with van der Waals surface area (Å²) in [5, 5.41) is 20.0. The van der Waals surface area contributed by atoms with Crippen molar-refractivity contribution in [3.63, 3.8) is 0 Å². The minimum Gasteiger partial charge on any atom is -0.297 e. The van der Waals surface area contributed by atoms with Crippen LogP contribution in [-0.2, 0) is 4.79 Å². The van der Waals surface area contributed by atoms with Gasteiger partial charge in [0.2, 0.25) is 11.0 Å². The van der Waals surface area contributed by atoms with Crippen LogP contribution >= 0.6 is 11.3 Å². The predicted octanol–water partition coefficient (Wildman–Crippen LogP) is 2.08. The molecular formula is C14H12N6OS. The minimum absolute atomic E-state index is 0.287. The van der Waals surface area contributed by atoms with E-state index in [0.717, 1.165) is 10.7 Å². The third-order valence-electron chi connectivity index (χ3n) is 2.66. The summed E-state index contributed by atoms with van der Waals surface area (Å²) < 4.78 is 0. The van der Waals surface area contributed by atoms with E-state index in [2.05, 4.69) is 25.7 Å². The number of carbonyl (C=O) groups is 1. The molecule has 0 radical (unpaired) electrons. The lowest BCUT2D eigenvalue weighted by Gasteiger charge is -1.96. The van der Waals surface area contributed by atoms with E-state index in [1.807, 2.05) is 37.3 Å². The van der Waals surface area contributed by atoms with E-state index in [4.69, 9.17) is 0 Å². The summed E-state index contributed by atoms with van der Waals surface area (Å²) >= 11 is 1.32. The fraction of sp³-hybridized carbons (Fsp3) is 0.0714. The van der Waals surface area contributed by atoms with Crippen LogP contribution in [0.3, 0.4) is 0 Å². The maximum absolute atomic E-state index is 11.8. The molecule has 8 heteroatoms. The first-order valence-electron chi connectivity index (χ1n) is 6.48. The Kier molecular flexibility index (Phi) is 4.01. The average molecular weight is 312 g/mol. The zero-order valence-corrected chi connectivity index (χ0v) is 12.5. The van der Waals surface area contributed by atoms with Gasteiger partial charge in [-0.05, 0) is 25.1 Å². The van der Waals surface area contributed by atoms with Gasteiger partial charge in [0.15, 0.2) is 0 Å². The molecule has 0 spiro atoms. The number of hydrogen-bond donors (Lipinski definition) is 1. The molecule has 7 nitrogen and oxygen atoms in total. The van der Waals surface area contributed by atoms with Crippen LogP contribution < -0.4 is 5.32 Å². The lowest BCUT2D eigenvalue weighted by Crippen LogP contribution is -2.07. The van der Waals surface area contributed by atoms with Crippen molar-refractivity contribution in [1.82, 2.24) is 25.2 Å². The normalized spacial score (nSPS) is 11.0. The Morgan fingerprint density at radius 3 is 2.82 bits per heavy atom. The maximum Gasteiger partial charge on any atom is 0.250 e. The zero-order chi connectivity index (χ0) is 15.4. The number of nitrogens with one attached hydrogen (secondary N) is 1. The molecular weight excluding hydrogens is 300 g/mol. The van der Waals surface area contributed by atoms with Crippen molar-refractivity contribution in [2.75, 3.05) is 5.32 Å². The Morgan fingerprint density at radius 2 is 2.09 bits per heavy atom. The molecule has 0 bridgehead atoms. The van der Waals surface area contributed by atoms with Gasteiger partial charge in [-0.2, -0.15) is 9.90 Å². The highest BCUT2D eigenvalue weighted by molar-refractivity contribution is 7.15. The first kappa shape index (κ1) is 14.1. The molecule has 0 atom stereocenters. The molecule has 0 aliphatic heterocycles. The first-order chi connectivity index (χ1) is 10.7. The number of aromatic nitrogens is 5. The first-order valence-corrected chi connectivity index (χ1v) is 7.29. The van der Waals surface area contributed by atoms with Crippen LogP contribution in [0.15, 0.2) is 42.6 Å². The van der Waals surface area contributed by atoms with Gasteiger partial charge in [0, 0.05) is 6.08 Å². The zero-order valence-electron chi connectivity index (χ0n) is 11.7. The van der Waals surface area contributed by atoms with E-state index in [1.54, 1.807) is 12.3 Å². The predicted molar refractivity (Wildman–Crippen MR) is 83.7 cm³/mol. The van der Waals surface area contributed by atoms with Gasteiger partial charge in [0.25, 0.3) is 0 Å². The van der Waals surface area contributed by atoms with Gasteiger partial charge >= 0.3 is 0 Å². The number of nitrogens with zero attached hydrogens (tertiary/aromatic N) is 5. The van der Waals surface area contributed by atoms with Crippen LogP contribution in [0.4, 0.5) is 5.13 Å². The lowest BCUT2D eigenvalue weighted by molar-refractivity contribution is -0.111. The molecule has 0 aliphatic rings. The standard InChI is InChI=1S/C14H12N6OS/c1-10-17-18-14(22-10)16-13(21)8-7-11-9-15-20(19-11)12-5-3-2-4-6-12/h2-9H,1H3,(H,16,18,21)/b8-7+. The number of hydrogen-bond acceptors (Lipinski definition) is 6. The third-order valence-corrected chi connectivity index (χ3v) is 3.41. The molecule has 22 heavy (non-hydrogen) atoms. The van der Waals surface area contributed by atoms with E-state index in [1.165, 1.54) is 22.2 Å². The molecule has 110 valence electrons. The Labute approximate surface area is 130 Å². The molecule has 3 aromatic rings. The highest BCUT2D eigenvalue weighted by Crippen LogP contribution is 2.13. The molecule has 0 aliphatic carbocycles. The second kappa shape index (κ2) is 6.27. The van der Waals surface area contributed by atoms with Crippen molar-refractivity contribution < 1.29 is 4.79 Å².